The monoisotopic (exact) mass is 193 g/mol. The first kappa shape index (κ1) is 9.34. The molecule has 1 aromatic rings. The van der Waals surface area contributed by atoms with E-state index in [4.69, 9.17) is 4.74 Å². The van der Waals surface area contributed by atoms with E-state index in [1.54, 1.807) is 13.2 Å². The molecule has 0 atom stereocenters. The van der Waals surface area contributed by atoms with Crippen LogP contribution in [0, 0.1) is 0 Å². The van der Waals surface area contributed by atoms with Crippen LogP contribution in [0.25, 0.3) is 0 Å². The number of hydrogen-bond acceptors (Lipinski definition) is 3. The molecule has 0 aliphatic heterocycles. The lowest BCUT2D eigenvalue weighted by Crippen LogP contribution is -2.15. The smallest absolute Gasteiger partial charge is 0.160 e. The van der Waals surface area contributed by atoms with Gasteiger partial charge in [0.25, 0.3) is 0 Å². The fraction of sp³-hybridized carbons (Fsp3) is 0.455. The normalized spacial score (nSPS) is 15.5. The summed E-state index contributed by atoms with van der Waals surface area (Å²) in [6.45, 7) is 0.849. The molecule has 3 nitrogen and oxygen atoms in total. The zero-order valence-corrected chi connectivity index (χ0v) is 8.29. The molecule has 2 N–H and O–H groups in total. The molecule has 76 valence electrons. The lowest BCUT2D eigenvalue weighted by Gasteiger charge is -2.07. The summed E-state index contributed by atoms with van der Waals surface area (Å²) in [6, 6.07) is 6.15. The molecule has 0 saturated heterocycles. The van der Waals surface area contributed by atoms with E-state index in [0.29, 0.717) is 11.8 Å². The molecule has 3 heteroatoms. The van der Waals surface area contributed by atoms with Gasteiger partial charge in [-0.05, 0) is 30.5 Å². The first-order valence-electron chi connectivity index (χ1n) is 4.89. The minimum atomic E-state index is 0.197. The molecule has 0 spiro atoms. The van der Waals surface area contributed by atoms with Crippen molar-refractivity contribution in [2.24, 2.45) is 0 Å². The van der Waals surface area contributed by atoms with Gasteiger partial charge in [-0.2, -0.15) is 0 Å². The highest BCUT2D eigenvalue weighted by atomic mass is 16.5. The topological polar surface area (TPSA) is 41.5 Å². The Morgan fingerprint density at radius 2 is 2.29 bits per heavy atom. The average Bonchev–Trinajstić information content (AvgIpc) is 3.00. The number of phenolic OH excluding ortho intramolecular Hbond substituents is 1. The summed E-state index contributed by atoms with van der Waals surface area (Å²) in [6.07, 6.45) is 2.57. The van der Waals surface area contributed by atoms with Crippen LogP contribution in [-0.4, -0.2) is 18.3 Å². The van der Waals surface area contributed by atoms with Crippen molar-refractivity contribution in [1.29, 1.82) is 0 Å². The van der Waals surface area contributed by atoms with Crippen molar-refractivity contribution in [3.05, 3.63) is 23.8 Å². The van der Waals surface area contributed by atoms with Crippen molar-refractivity contribution >= 4 is 0 Å². The third-order valence-electron chi connectivity index (χ3n) is 2.42. The maximum atomic E-state index is 9.38. The number of ether oxygens (including phenoxy) is 1. The lowest BCUT2D eigenvalue weighted by molar-refractivity contribution is 0.373. The van der Waals surface area contributed by atoms with Crippen molar-refractivity contribution in [3.8, 4) is 11.5 Å². The molecule has 1 saturated carbocycles. The summed E-state index contributed by atoms with van der Waals surface area (Å²) in [4.78, 5) is 0. The van der Waals surface area contributed by atoms with Crippen LogP contribution in [0.4, 0.5) is 0 Å². The first-order valence-corrected chi connectivity index (χ1v) is 4.89. The maximum absolute atomic E-state index is 9.38. The molecule has 0 heterocycles. The summed E-state index contributed by atoms with van der Waals surface area (Å²) in [5.41, 5.74) is 1.14. The molecule has 0 amide bonds. The molecular weight excluding hydrogens is 178 g/mol. The third kappa shape index (κ3) is 2.17. The summed E-state index contributed by atoms with van der Waals surface area (Å²) >= 11 is 0. The van der Waals surface area contributed by atoms with Gasteiger partial charge in [-0.1, -0.05) is 6.07 Å². The second-order valence-corrected chi connectivity index (χ2v) is 3.66. The fourth-order valence-electron chi connectivity index (χ4n) is 1.38. The van der Waals surface area contributed by atoms with Gasteiger partial charge in [0.05, 0.1) is 7.11 Å². The first-order chi connectivity index (χ1) is 6.79. The van der Waals surface area contributed by atoms with Crippen molar-refractivity contribution < 1.29 is 9.84 Å². The molecule has 2 rings (SSSR count). The lowest BCUT2D eigenvalue weighted by atomic mass is 10.2. The Balaban J connectivity index is 2.01. The molecule has 1 aliphatic rings. The number of hydrogen-bond donors (Lipinski definition) is 2. The minimum Gasteiger partial charge on any atom is -0.504 e. The van der Waals surface area contributed by atoms with Gasteiger partial charge in [0.15, 0.2) is 11.5 Å². The number of aromatic hydroxyl groups is 1. The second-order valence-electron chi connectivity index (χ2n) is 3.66. The van der Waals surface area contributed by atoms with E-state index in [9.17, 15) is 5.11 Å². The zero-order valence-electron chi connectivity index (χ0n) is 8.29. The molecular formula is C11H15NO2. The van der Waals surface area contributed by atoms with E-state index < -0.39 is 0 Å². The van der Waals surface area contributed by atoms with Crippen molar-refractivity contribution in [3.63, 3.8) is 0 Å². The largest absolute Gasteiger partial charge is 0.504 e. The highest BCUT2D eigenvalue weighted by Gasteiger charge is 2.19. The fourth-order valence-corrected chi connectivity index (χ4v) is 1.38. The van der Waals surface area contributed by atoms with Gasteiger partial charge in [0.2, 0.25) is 0 Å². The molecule has 0 aromatic heterocycles. The second kappa shape index (κ2) is 3.88. The molecule has 1 fully saturated rings. The van der Waals surface area contributed by atoms with Crippen LogP contribution in [0.2, 0.25) is 0 Å². The van der Waals surface area contributed by atoms with Crippen LogP contribution < -0.4 is 10.1 Å². The Morgan fingerprint density at radius 1 is 1.50 bits per heavy atom. The quantitative estimate of drug-likeness (QED) is 0.764. The Bertz CT molecular complexity index is 321. The minimum absolute atomic E-state index is 0.197. The van der Waals surface area contributed by atoms with E-state index in [1.807, 2.05) is 12.1 Å². The predicted molar refractivity (Wildman–Crippen MR) is 54.5 cm³/mol. The van der Waals surface area contributed by atoms with Crippen LogP contribution in [0.1, 0.15) is 18.4 Å². The van der Waals surface area contributed by atoms with Crippen molar-refractivity contribution in [2.75, 3.05) is 7.11 Å². The van der Waals surface area contributed by atoms with Gasteiger partial charge in [-0.15, -0.1) is 0 Å². The Hall–Kier alpha value is -1.22. The number of nitrogens with one attached hydrogen (secondary N) is 1. The number of methoxy groups -OCH3 is 1. The highest BCUT2D eigenvalue weighted by Crippen LogP contribution is 2.26. The Morgan fingerprint density at radius 3 is 2.93 bits per heavy atom. The van der Waals surface area contributed by atoms with Gasteiger partial charge >= 0.3 is 0 Å². The van der Waals surface area contributed by atoms with E-state index in [2.05, 4.69) is 5.32 Å². The predicted octanol–water partition coefficient (Wildman–Crippen LogP) is 1.65. The van der Waals surface area contributed by atoms with Crippen LogP contribution >= 0.6 is 0 Å². The van der Waals surface area contributed by atoms with Gasteiger partial charge in [-0.3, -0.25) is 0 Å². The Kier molecular flexibility index (Phi) is 2.59. The summed E-state index contributed by atoms with van der Waals surface area (Å²) in [5.74, 6) is 0.739. The maximum Gasteiger partial charge on any atom is 0.160 e. The highest BCUT2D eigenvalue weighted by molar-refractivity contribution is 5.41. The van der Waals surface area contributed by atoms with Gasteiger partial charge in [0.1, 0.15) is 0 Å². The Labute approximate surface area is 83.7 Å². The van der Waals surface area contributed by atoms with Gasteiger partial charge < -0.3 is 15.2 Å². The number of rotatable bonds is 4. The summed E-state index contributed by atoms with van der Waals surface area (Å²) in [5, 5.41) is 12.8. The third-order valence-corrected chi connectivity index (χ3v) is 2.42. The zero-order chi connectivity index (χ0) is 9.97. The van der Waals surface area contributed by atoms with Crippen LogP contribution in [0.3, 0.4) is 0 Å². The summed E-state index contributed by atoms with van der Waals surface area (Å²) in [7, 11) is 1.56. The van der Waals surface area contributed by atoms with Crippen LogP contribution in [0.5, 0.6) is 11.5 Å². The van der Waals surface area contributed by atoms with Gasteiger partial charge in [0, 0.05) is 12.6 Å². The van der Waals surface area contributed by atoms with Crippen molar-refractivity contribution in [2.45, 2.75) is 25.4 Å². The van der Waals surface area contributed by atoms with E-state index in [1.165, 1.54) is 12.8 Å². The molecule has 14 heavy (non-hydrogen) atoms. The molecule has 0 radical (unpaired) electrons. The standard InChI is InChI=1S/C11H15NO2/c1-14-11-6-8(2-5-10(11)13)7-12-9-3-4-9/h2,5-6,9,12-13H,3-4,7H2,1H3. The number of benzene rings is 1. The van der Waals surface area contributed by atoms with Gasteiger partial charge in [-0.25, -0.2) is 0 Å². The van der Waals surface area contributed by atoms with E-state index in [0.717, 1.165) is 12.1 Å². The summed E-state index contributed by atoms with van der Waals surface area (Å²) < 4.78 is 5.03. The van der Waals surface area contributed by atoms with Crippen molar-refractivity contribution in [1.82, 2.24) is 5.32 Å². The SMILES string of the molecule is COc1cc(CNC2CC2)ccc1O. The molecule has 1 aliphatic carbocycles. The molecule has 1 aromatic carbocycles. The van der Waals surface area contributed by atoms with E-state index in [-0.39, 0.29) is 5.75 Å². The van der Waals surface area contributed by atoms with Crippen LogP contribution in [0.15, 0.2) is 18.2 Å². The van der Waals surface area contributed by atoms with E-state index >= 15 is 0 Å². The number of phenols is 1. The molecule has 0 bridgehead atoms. The average molecular weight is 193 g/mol. The van der Waals surface area contributed by atoms with Crippen LogP contribution in [-0.2, 0) is 6.54 Å². The molecule has 0 unspecified atom stereocenters.